The van der Waals surface area contributed by atoms with E-state index in [4.69, 9.17) is 11.6 Å². The molecule has 2 aromatic rings. The fraction of sp³-hybridized carbons (Fsp3) is 0.381. The van der Waals surface area contributed by atoms with Gasteiger partial charge in [0.2, 0.25) is 0 Å². The molecular weight excluding hydrogens is 410 g/mol. The molecule has 6 nitrogen and oxygen atoms in total. The summed E-state index contributed by atoms with van der Waals surface area (Å²) in [7, 11) is -3.74. The number of carbonyl (C=O) groups is 1. The molecule has 0 saturated carbocycles. The van der Waals surface area contributed by atoms with Crippen molar-refractivity contribution < 1.29 is 13.2 Å². The van der Waals surface area contributed by atoms with Crippen LogP contribution in [0.5, 0.6) is 0 Å². The molecule has 8 heteroatoms. The Balaban J connectivity index is 1.55. The van der Waals surface area contributed by atoms with Crippen LogP contribution in [0.2, 0.25) is 5.02 Å². The summed E-state index contributed by atoms with van der Waals surface area (Å²) >= 11 is 5.82. The standard InChI is InChI=1S/C21H26ClN3O3S/c1-16-4-2-3-14-25(16)15-13-23-21(26)17-5-11-20(12-6-17)29(27,28)24-19-9-7-18(22)8-10-19/h5-12,16,24H,2-4,13-15H2,1H3,(H,23,26). The molecule has 0 spiro atoms. The first-order valence-corrected chi connectivity index (χ1v) is 11.6. The number of halogens is 1. The zero-order chi connectivity index (χ0) is 20.9. The van der Waals surface area contributed by atoms with E-state index < -0.39 is 10.0 Å². The van der Waals surface area contributed by atoms with Crippen molar-refractivity contribution in [2.75, 3.05) is 24.4 Å². The first-order valence-electron chi connectivity index (χ1n) is 9.76. The Morgan fingerprint density at radius 1 is 1.10 bits per heavy atom. The average molecular weight is 436 g/mol. The molecule has 1 amide bonds. The zero-order valence-corrected chi connectivity index (χ0v) is 18.0. The summed E-state index contributed by atoms with van der Waals surface area (Å²) in [5, 5.41) is 3.44. The molecule has 0 aliphatic carbocycles. The minimum atomic E-state index is -3.74. The van der Waals surface area contributed by atoms with Crippen molar-refractivity contribution in [3.05, 3.63) is 59.1 Å². The van der Waals surface area contributed by atoms with Crippen molar-refractivity contribution in [3.63, 3.8) is 0 Å². The van der Waals surface area contributed by atoms with Crippen molar-refractivity contribution in [1.82, 2.24) is 10.2 Å². The molecule has 2 N–H and O–H groups in total. The van der Waals surface area contributed by atoms with Gasteiger partial charge in [-0.25, -0.2) is 8.42 Å². The zero-order valence-electron chi connectivity index (χ0n) is 16.4. The summed E-state index contributed by atoms with van der Waals surface area (Å²) in [6, 6.07) is 12.9. The third kappa shape index (κ3) is 5.95. The number of hydrogen-bond acceptors (Lipinski definition) is 4. The molecule has 1 aliphatic heterocycles. The fourth-order valence-electron chi connectivity index (χ4n) is 3.42. The van der Waals surface area contributed by atoms with Crippen LogP contribution in [0.3, 0.4) is 0 Å². The predicted molar refractivity (Wildman–Crippen MR) is 116 cm³/mol. The van der Waals surface area contributed by atoms with Crippen LogP contribution in [0.4, 0.5) is 5.69 Å². The van der Waals surface area contributed by atoms with Gasteiger partial charge in [-0.15, -0.1) is 0 Å². The minimum Gasteiger partial charge on any atom is -0.351 e. The molecule has 29 heavy (non-hydrogen) atoms. The van der Waals surface area contributed by atoms with Crippen LogP contribution >= 0.6 is 11.6 Å². The lowest BCUT2D eigenvalue weighted by molar-refractivity contribution is 0.0938. The third-order valence-corrected chi connectivity index (χ3v) is 6.80. The SMILES string of the molecule is CC1CCCCN1CCNC(=O)c1ccc(S(=O)(=O)Nc2ccc(Cl)cc2)cc1. The largest absolute Gasteiger partial charge is 0.351 e. The van der Waals surface area contributed by atoms with E-state index in [1.165, 1.54) is 43.5 Å². The van der Waals surface area contributed by atoms with Gasteiger partial charge in [-0.2, -0.15) is 0 Å². The number of likely N-dealkylation sites (tertiary alicyclic amines) is 1. The summed E-state index contributed by atoms with van der Waals surface area (Å²) in [6.45, 7) is 4.69. The molecule has 0 radical (unpaired) electrons. The Kier molecular flexibility index (Phi) is 7.16. The van der Waals surface area contributed by atoms with Gasteiger partial charge >= 0.3 is 0 Å². The summed E-state index contributed by atoms with van der Waals surface area (Å²) in [5.74, 6) is -0.204. The van der Waals surface area contributed by atoms with Crippen molar-refractivity contribution >= 4 is 33.2 Å². The summed E-state index contributed by atoms with van der Waals surface area (Å²) in [4.78, 5) is 14.8. The molecule has 1 heterocycles. The molecule has 0 aromatic heterocycles. The molecule has 1 aliphatic rings. The van der Waals surface area contributed by atoms with Gasteiger partial charge in [0.25, 0.3) is 15.9 Å². The van der Waals surface area contributed by atoms with Crippen LogP contribution in [-0.2, 0) is 10.0 Å². The van der Waals surface area contributed by atoms with E-state index in [1.807, 2.05) is 0 Å². The first kappa shape index (κ1) is 21.6. The number of benzene rings is 2. The van der Waals surface area contributed by atoms with Gasteiger partial charge in [0.1, 0.15) is 0 Å². The van der Waals surface area contributed by atoms with Gasteiger partial charge < -0.3 is 5.32 Å². The van der Waals surface area contributed by atoms with Gasteiger partial charge in [0, 0.05) is 35.4 Å². The highest BCUT2D eigenvalue weighted by Crippen LogP contribution is 2.19. The molecule has 1 unspecified atom stereocenters. The van der Waals surface area contributed by atoms with E-state index in [0.717, 1.165) is 13.1 Å². The number of nitrogens with zero attached hydrogens (tertiary/aromatic N) is 1. The molecule has 1 fully saturated rings. The normalized spacial score (nSPS) is 17.7. The smallest absolute Gasteiger partial charge is 0.261 e. The third-order valence-electron chi connectivity index (χ3n) is 5.15. The second-order valence-corrected chi connectivity index (χ2v) is 9.39. The molecular formula is C21H26ClN3O3S. The second-order valence-electron chi connectivity index (χ2n) is 7.27. The molecule has 2 aromatic carbocycles. The van der Waals surface area contributed by atoms with Crippen molar-refractivity contribution in [2.45, 2.75) is 37.1 Å². The number of rotatable bonds is 7. The van der Waals surface area contributed by atoms with E-state index >= 15 is 0 Å². The van der Waals surface area contributed by atoms with Crippen LogP contribution in [0.15, 0.2) is 53.4 Å². The predicted octanol–water partition coefficient (Wildman–Crippen LogP) is 3.75. The minimum absolute atomic E-state index is 0.0890. The maximum Gasteiger partial charge on any atom is 0.261 e. The van der Waals surface area contributed by atoms with E-state index in [9.17, 15) is 13.2 Å². The van der Waals surface area contributed by atoms with Crippen molar-refractivity contribution in [2.24, 2.45) is 0 Å². The van der Waals surface area contributed by atoms with E-state index in [1.54, 1.807) is 24.3 Å². The summed E-state index contributed by atoms with van der Waals surface area (Å²) in [6.07, 6.45) is 3.68. The fourth-order valence-corrected chi connectivity index (χ4v) is 4.61. The lowest BCUT2D eigenvalue weighted by atomic mass is 10.0. The molecule has 0 bridgehead atoms. The number of amides is 1. The van der Waals surface area contributed by atoms with Gasteiger partial charge in [0.05, 0.1) is 4.90 Å². The molecule has 1 saturated heterocycles. The first-order chi connectivity index (χ1) is 13.8. The molecule has 1 atom stereocenters. The highest BCUT2D eigenvalue weighted by atomic mass is 35.5. The Morgan fingerprint density at radius 3 is 2.45 bits per heavy atom. The van der Waals surface area contributed by atoms with Crippen LogP contribution in [0.1, 0.15) is 36.5 Å². The Hall–Kier alpha value is -2.09. The lowest BCUT2D eigenvalue weighted by Crippen LogP contribution is -2.42. The Morgan fingerprint density at radius 2 is 1.79 bits per heavy atom. The van der Waals surface area contributed by atoms with Crippen LogP contribution < -0.4 is 10.0 Å². The van der Waals surface area contributed by atoms with Gasteiger partial charge in [-0.05, 0) is 74.8 Å². The Labute approximate surface area is 177 Å². The van der Waals surface area contributed by atoms with Crippen molar-refractivity contribution in [3.8, 4) is 0 Å². The Bertz CT molecular complexity index is 931. The lowest BCUT2D eigenvalue weighted by Gasteiger charge is -2.33. The highest BCUT2D eigenvalue weighted by Gasteiger charge is 2.18. The van der Waals surface area contributed by atoms with Gasteiger partial charge in [0.15, 0.2) is 0 Å². The van der Waals surface area contributed by atoms with E-state index in [0.29, 0.717) is 28.9 Å². The number of nitrogens with one attached hydrogen (secondary N) is 2. The maximum absolute atomic E-state index is 12.5. The number of piperidine rings is 1. The van der Waals surface area contributed by atoms with Gasteiger partial charge in [-0.1, -0.05) is 18.0 Å². The summed E-state index contributed by atoms with van der Waals surface area (Å²) < 4.78 is 27.5. The topological polar surface area (TPSA) is 78.5 Å². The summed E-state index contributed by atoms with van der Waals surface area (Å²) in [5.41, 5.74) is 0.852. The number of anilines is 1. The molecule has 3 rings (SSSR count). The van der Waals surface area contributed by atoms with Crippen molar-refractivity contribution in [1.29, 1.82) is 0 Å². The quantitative estimate of drug-likeness (QED) is 0.694. The van der Waals surface area contributed by atoms with E-state index in [-0.39, 0.29) is 10.8 Å². The van der Waals surface area contributed by atoms with E-state index in [2.05, 4.69) is 21.9 Å². The number of hydrogen-bond donors (Lipinski definition) is 2. The maximum atomic E-state index is 12.5. The van der Waals surface area contributed by atoms with Crippen LogP contribution in [0, 0.1) is 0 Å². The second kappa shape index (κ2) is 9.61. The number of carbonyl (C=O) groups excluding carboxylic acids is 1. The monoisotopic (exact) mass is 435 g/mol. The highest BCUT2D eigenvalue weighted by molar-refractivity contribution is 7.92. The molecule has 156 valence electrons. The van der Waals surface area contributed by atoms with Crippen LogP contribution in [0.25, 0.3) is 0 Å². The number of sulfonamides is 1. The van der Waals surface area contributed by atoms with Gasteiger partial charge in [-0.3, -0.25) is 14.4 Å². The van der Waals surface area contributed by atoms with Crippen LogP contribution in [-0.4, -0.2) is 44.9 Å². The average Bonchev–Trinajstić information content (AvgIpc) is 2.71.